The number of aromatic nitrogens is 4. The zero-order chi connectivity index (χ0) is 24.9. The summed E-state index contributed by atoms with van der Waals surface area (Å²) in [6.45, 7) is 5.09. The van der Waals surface area contributed by atoms with E-state index in [4.69, 9.17) is 9.72 Å². The van der Waals surface area contributed by atoms with Crippen LogP contribution >= 0.6 is 23.1 Å². The molecule has 184 valence electrons. The second kappa shape index (κ2) is 11.0. The minimum atomic E-state index is 0.140. The Bertz CT molecular complexity index is 1340. The lowest BCUT2D eigenvalue weighted by atomic mass is 9.94. The summed E-state index contributed by atoms with van der Waals surface area (Å²) in [6.07, 6.45) is 7.16. The van der Waals surface area contributed by atoms with Crippen LogP contribution in [0.15, 0.2) is 70.3 Å². The smallest absolute Gasteiger partial charge is 0.219 e. The maximum Gasteiger partial charge on any atom is 0.219 e. The van der Waals surface area contributed by atoms with Crippen LogP contribution in [0.3, 0.4) is 0 Å². The number of likely N-dealkylation sites (tertiary alicyclic amines) is 1. The minimum absolute atomic E-state index is 0.140. The van der Waals surface area contributed by atoms with E-state index in [0.29, 0.717) is 23.2 Å². The van der Waals surface area contributed by atoms with Crippen LogP contribution in [-0.2, 0) is 4.79 Å². The molecule has 0 unspecified atom stereocenters. The highest BCUT2D eigenvalue weighted by Gasteiger charge is 2.24. The van der Waals surface area contributed by atoms with Gasteiger partial charge in [-0.15, -0.1) is 11.3 Å². The summed E-state index contributed by atoms with van der Waals surface area (Å²) in [5, 5.41) is 7.07. The number of carbonyl (C=O) groups is 1. The molecule has 8 nitrogen and oxygen atoms in total. The normalized spacial score (nSPS) is 14.0. The predicted molar refractivity (Wildman–Crippen MR) is 141 cm³/mol. The third-order valence-corrected chi connectivity index (χ3v) is 7.66. The summed E-state index contributed by atoms with van der Waals surface area (Å²) in [4.78, 5) is 32.7. The molecule has 0 saturated carbocycles. The van der Waals surface area contributed by atoms with E-state index < -0.39 is 0 Å². The van der Waals surface area contributed by atoms with Gasteiger partial charge in [-0.1, -0.05) is 17.8 Å². The first-order chi connectivity index (χ1) is 17.5. The van der Waals surface area contributed by atoms with E-state index in [2.05, 4.69) is 25.6 Å². The molecule has 0 atom stereocenters. The molecule has 1 aliphatic rings. The van der Waals surface area contributed by atoms with Crippen molar-refractivity contribution in [1.29, 1.82) is 0 Å². The van der Waals surface area contributed by atoms with Crippen LogP contribution in [0.4, 0.5) is 10.9 Å². The van der Waals surface area contributed by atoms with E-state index in [9.17, 15) is 4.79 Å². The second-order valence-corrected chi connectivity index (χ2v) is 10.4. The van der Waals surface area contributed by atoms with Gasteiger partial charge in [0.25, 0.3) is 0 Å². The molecule has 0 aliphatic carbocycles. The molecule has 1 saturated heterocycles. The third-order valence-electron chi connectivity index (χ3n) is 5.97. The van der Waals surface area contributed by atoms with E-state index in [-0.39, 0.29) is 5.91 Å². The number of piperidine rings is 1. The van der Waals surface area contributed by atoms with Gasteiger partial charge in [-0.05, 0) is 44.0 Å². The van der Waals surface area contributed by atoms with Crippen LogP contribution < -0.4 is 10.1 Å². The Balaban J connectivity index is 1.36. The summed E-state index contributed by atoms with van der Waals surface area (Å²) in [6, 6.07) is 11.5. The van der Waals surface area contributed by atoms with Gasteiger partial charge >= 0.3 is 0 Å². The number of nitrogens with zero attached hydrogens (tertiary/aromatic N) is 5. The van der Waals surface area contributed by atoms with Crippen molar-refractivity contribution in [1.82, 2.24) is 24.8 Å². The predicted octanol–water partition coefficient (Wildman–Crippen LogP) is 6.05. The Labute approximate surface area is 218 Å². The molecule has 4 aromatic rings. The van der Waals surface area contributed by atoms with Crippen LogP contribution in [-0.4, -0.2) is 43.8 Å². The largest absolute Gasteiger partial charge is 0.452 e. The van der Waals surface area contributed by atoms with Crippen molar-refractivity contribution in [3.8, 4) is 11.5 Å². The van der Waals surface area contributed by atoms with Gasteiger partial charge in [-0.3, -0.25) is 9.78 Å². The van der Waals surface area contributed by atoms with Crippen LogP contribution in [0.1, 0.15) is 37.1 Å². The average Bonchev–Trinajstić information content (AvgIpc) is 3.36. The van der Waals surface area contributed by atoms with Crippen molar-refractivity contribution in [2.24, 2.45) is 0 Å². The van der Waals surface area contributed by atoms with Gasteiger partial charge < -0.3 is 15.0 Å². The summed E-state index contributed by atoms with van der Waals surface area (Å²) in [5.74, 6) is 2.32. The summed E-state index contributed by atoms with van der Waals surface area (Å²) >= 11 is 3.06. The Hall–Kier alpha value is -3.50. The fourth-order valence-electron chi connectivity index (χ4n) is 4.00. The monoisotopic (exact) mass is 518 g/mol. The first kappa shape index (κ1) is 24.2. The highest BCUT2D eigenvalue weighted by Crippen LogP contribution is 2.37. The maximum atomic E-state index is 11.6. The lowest BCUT2D eigenvalue weighted by Gasteiger charge is -2.30. The second-order valence-electron chi connectivity index (χ2n) is 8.46. The maximum absolute atomic E-state index is 11.6. The molecular weight excluding hydrogens is 492 g/mol. The lowest BCUT2D eigenvalue weighted by Crippen LogP contribution is -2.36. The molecule has 1 aliphatic heterocycles. The fraction of sp³-hybridized carbons (Fsp3) is 0.269. The summed E-state index contributed by atoms with van der Waals surface area (Å²) < 4.78 is 6.27. The molecule has 0 spiro atoms. The van der Waals surface area contributed by atoms with E-state index in [1.54, 1.807) is 36.9 Å². The summed E-state index contributed by atoms with van der Waals surface area (Å²) in [7, 11) is 0. The SMILES string of the molecule is CC(=O)N1CCC(c2csc(Nc3ncc(Sc4ccccn4)cc3Oc3cccnc3C)n2)CC1. The molecule has 1 fully saturated rings. The summed E-state index contributed by atoms with van der Waals surface area (Å²) in [5.41, 5.74) is 1.85. The zero-order valence-electron chi connectivity index (χ0n) is 20.0. The number of amides is 1. The van der Waals surface area contributed by atoms with Gasteiger partial charge in [0.2, 0.25) is 5.91 Å². The van der Waals surface area contributed by atoms with Crippen molar-refractivity contribution in [2.75, 3.05) is 18.4 Å². The Morgan fingerprint density at radius 3 is 2.69 bits per heavy atom. The van der Waals surface area contributed by atoms with Gasteiger partial charge in [0.1, 0.15) is 10.8 Å². The van der Waals surface area contributed by atoms with Crippen molar-refractivity contribution in [2.45, 2.75) is 42.5 Å². The lowest BCUT2D eigenvalue weighted by molar-refractivity contribution is -0.129. The first-order valence-electron chi connectivity index (χ1n) is 11.7. The van der Waals surface area contributed by atoms with Gasteiger partial charge in [-0.25, -0.2) is 15.0 Å². The molecule has 0 aromatic carbocycles. The number of pyridine rings is 3. The molecular formula is C26H26N6O2S2. The number of carbonyl (C=O) groups excluding carboxylic acids is 1. The van der Waals surface area contributed by atoms with Crippen molar-refractivity contribution in [3.63, 3.8) is 0 Å². The molecule has 5 heterocycles. The third kappa shape index (κ3) is 5.83. The van der Waals surface area contributed by atoms with E-state index in [1.165, 1.54) is 11.8 Å². The number of ether oxygens (including phenoxy) is 1. The van der Waals surface area contributed by atoms with Gasteiger partial charge in [0.15, 0.2) is 16.7 Å². The van der Waals surface area contributed by atoms with Crippen LogP contribution in [0.5, 0.6) is 11.5 Å². The van der Waals surface area contributed by atoms with Gasteiger partial charge in [-0.2, -0.15) is 0 Å². The zero-order valence-corrected chi connectivity index (χ0v) is 21.7. The molecule has 4 aromatic heterocycles. The number of anilines is 2. The number of nitrogens with one attached hydrogen (secondary N) is 1. The highest BCUT2D eigenvalue weighted by atomic mass is 32.2. The molecule has 10 heteroatoms. The van der Waals surface area contributed by atoms with Crippen LogP contribution in [0, 0.1) is 6.92 Å². The van der Waals surface area contributed by atoms with Crippen LogP contribution in [0.2, 0.25) is 0 Å². The Kier molecular flexibility index (Phi) is 7.43. The molecule has 1 amide bonds. The molecule has 5 rings (SSSR count). The van der Waals surface area contributed by atoms with Crippen molar-refractivity contribution in [3.05, 3.63) is 71.8 Å². The molecule has 0 bridgehead atoms. The fourth-order valence-corrected chi connectivity index (χ4v) is 5.56. The number of hydrogen-bond acceptors (Lipinski definition) is 9. The minimum Gasteiger partial charge on any atom is -0.452 e. The number of hydrogen-bond donors (Lipinski definition) is 1. The topological polar surface area (TPSA) is 93.1 Å². The van der Waals surface area contributed by atoms with E-state index >= 15 is 0 Å². The highest BCUT2D eigenvalue weighted by molar-refractivity contribution is 7.99. The van der Waals surface area contributed by atoms with Crippen molar-refractivity contribution < 1.29 is 9.53 Å². The number of rotatable bonds is 7. The molecule has 0 radical (unpaired) electrons. The van der Waals surface area contributed by atoms with E-state index in [1.807, 2.05) is 48.2 Å². The average molecular weight is 519 g/mol. The van der Waals surface area contributed by atoms with Gasteiger partial charge in [0, 0.05) is 60.9 Å². The first-order valence-corrected chi connectivity index (χ1v) is 13.4. The molecule has 36 heavy (non-hydrogen) atoms. The quantitative estimate of drug-likeness (QED) is 0.316. The van der Waals surface area contributed by atoms with Crippen LogP contribution in [0.25, 0.3) is 0 Å². The van der Waals surface area contributed by atoms with Gasteiger partial charge in [0.05, 0.1) is 11.4 Å². The molecule has 1 N–H and O–H groups in total. The number of aryl methyl sites for hydroxylation is 1. The van der Waals surface area contributed by atoms with Crippen molar-refractivity contribution >= 4 is 40.0 Å². The van der Waals surface area contributed by atoms with E-state index in [0.717, 1.165) is 52.4 Å². The Morgan fingerprint density at radius 2 is 1.94 bits per heavy atom. The standard InChI is InChI=1S/C26H26N6O2S2/c1-17-22(6-5-11-27-17)34-23-14-20(36-24-7-3-4-10-28-24)15-29-25(23)31-26-30-21(16-35-26)19-8-12-32(13-9-19)18(2)33/h3-7,10-11,14-16,19H,8-9,12-13H2,1-2H3,(H,29,30,31). The number of thiazole rings is 1. The Morgan fingerprint density at radius 1 is 1.11 bits per heavy atom.